The Morgan fingerprint density at radius 2 is 2.14 bits per heavy atom. The van der Waals surface area contributed by atoms with Crippen LogP contribution in [0.4, 0.5) is 5.69 Å². The summed E-state index contributed by atoms with van der Waals surface area (Å²) in [6.45, 7) is 1.80. The lowest BCUT2D eigenvalue weighted by Gasteiger charge is -2.20. The summed E-state index contributed by atoms with van der Waals surface area (Å²) in [6, 6.07) is 5.62. The van der Waals surface area contributed by atoms with Crippen molar-refractivity contribution >= 4 is 29.9 Å². The number of nitrogens with one attached hydrogen (secondary N) is 3. The largest absolute Gasteiger partial charge is 0.385 e. The summed E-state index contributed by atoms with van der Waals surface area (Å²) in [4.78, 5) is 23.8. The zero-order valence-corrected chi connectivity index (χ0v) is 13.4. The third kappa shape index (κ3) is 4.89. The summed E-state index contributed by atoms with van der Waals surface area (Å²) in [6.07, 6.45) is 1.89. The van der Waals surface area contributed by atoms with E-state index in [0.29, 0.717) is 18.7 Å². The number of methoxy groups -OCH3 is 1. The monoisotopic (exact) mass is 327 g/mol. The Hall–Kier alpha value is -1.79. The summed E-state index contributed by atoms with van der Waals surface area (Å²) >= 11 is 0. The van der Waals surface area contributed by atoms with Crippen LogP contribution in [-0.4, -0.2) is 45.2 Å². The maximum atomic E-state index is 12.2. The van der Waals surface area contributed by atoms with Gasteiger partial charge in [0.05, 0.1) is 13.2 Å². The Morgan fingerprint density at radius 1 is 1.32 bits per heavy atom. The Bertz CT molecular complexity index is 523. The topological polar surface area (TPSA) is 79.5 Å². The predicted octanol–water partition coefficient (Wildman–Crippen LogP) is 0.959. The van der Waals surface area contributed by atoms with Crippen LogP contribution in [0.3, 0.4) is 0 Å². The van der Waals surface area contributed by atoms with Gasteiger partial charge in [0.1, 0.15) is 0 Å². The van der Waals surface area contributed by atoms with E-state index in [1.807, 2.05) is 12.1 Å². The molecular weight excluding hydrogens is 306 g/mol. The van der Waals surface area contributed by atoms with Gasteiger partial charge in [0.2, 0.25) is 5.91 Å². The summed E-state index contributed by atoms with van der Waals surface area (Å²) in [7, 11) is 1.57. The fourth-order valence-electron chi connectivity index (χ4n) is 2.33. The number of ether oxygens (including phenoxy) is 1. The van der Waals surface area contributed by atoms with Crippen molar-refractivity contribution in [3.8, 4) is 0 Å². The van der Waals surface area contributed by atoms with E-state index >= 15 is 0 Å². The zero-order chi connectivity index (χ0) is 15.1. The molecule has 1 aliphatic rings. The Labute approximate surface area is 136 Å². The molecule has 0 spiro atoms. The number of amides is 2. The summed E-state index contributed by atoms with van der Waals surface area (Å²) in [5.41, 5.74) is 2.68. The fraction of sp³-hybridized carbons (Fsp3) is 0.467. The molecule has 0 bridgehead atoms. The van der Waals surface area contributed by atoms with Crippen LogP contribution in [0, 0.1) is 0 Å². The van der Waals surface area contributed by atoms with E-state index in [2.05, 4.69) is 16.0 Å². The van der Waals surface area contributed by atoms with Crippen LogP contribution >= 0.6 is 12.4 Å². The van der Waals surface area contributed by atoms with Gasteiger partial charge in [0.15, 0.2) is 0 Å². The van der Waals surface area contributed by atoms with Crippen LogP contribution in [0.25, 0.3) is 0 Å². The fourth-order valence-corrected chi connectivity index (χ4v) is 2.33. The van der Waals surface area contributed by atoms with Crippen molar-refractivity contribution in [2.24, 2.45) is 0 Å². The van der Waals surface area contributed by atoms with Crippen LogP contribution in [0.1, 0.15) is 22.3 Å². The van der Waals surface area contributed by atoms with E-state index in [1.165, 1.54) is 0 Å². The highest BCUT2D eigenvalue weighted by Gasteiger charge is 2.17. The summed E-state index contributed by atoms with van der Waals surface area (Å²) in [5, 5.41) is 8.60. The van der Waals surface area contributed by atoms with Crippen LogP contribution in [0.2, 0.25) is 0 Å². The average Bonchev–Trinajstić information content (AvgIpc) is 2.52. The molecule has 0 atom stereocenters. The Balaban J connectivity index is 0.00000242. The molecule has 22 heavy (non-hydrogen) atoms. The second kappa shape index (κ2) is 9.27. The predicted molar refractivity (Wildman–Crippen MR) is 87.7 cm³/mol. The van der Waals surface area contributed by atoms with E-state index in [9.17, 15) is 9.59 Å². The number of carbonyl (C=O) groups excluding carboxylic acids is 2. The van der Waals surface area contributed by atoms with Gasteiger partial charge in [-0.15, -0.1) is 12.4 Å². The van der Waals surface area contributed by atoms with Gasteiger partial charge in [-0.3, -0.25) is 9.59 Å². The Kier molecular flexibility index (Phi) is 7.70. The Morgan fingerprint density at radius 3 is 2.91 bits per heavy atom. The molecule has 2 amide bonds. The minimum absolute atomic E-state index is 0. The zero-order valence-electron chi connectivity index (χ0n) is 12.6. The number of halogens is 1. The van der Waals surface area contributed by atoms with Gasteiger partial charge in [-0.1, -0.05) is 6.07 Å². The molecule has 7 heteroatoms. The minimum atomic E-state index is -0.219. The molecule has 6 nitrogen and oxygen atoms in total. The van der Waals surface area contributed by atoms with Crippen molar-refractivity contribution < 1.29 is 14.3 Å². The van der Waals surface area contributed by atoms with Crippen molar-refractivity contribution in [1.82, 2.24) is 10.6 Å². The highest BCUT2D eigenvalue weighted by atomic mass is 35.5. The van der Waals surface area contributed by atoms with E-state index < -0.39 is 0 Å². The van der Waals surface area contributed by atoms with Crippen LogP contribution < -0.4 is 16.0 Å². The molecule has 0 aliphatic carbocycles. The number of fused-ring (bicyclic) bond motifs is 1. The first kappa shape index (κ1) is 18.3. The van der Waals surface area contributed by atoms with Crippen molar-refractivity contribution in [2.75, 3.05) is 38.7 Å². The van der Waals surface area contributed by atoms with Crippen LogP contribution in [-0.2, 0) is 16.0 Å². The second-order valence-corrected chi connectivity index (χ2v) is 4.89. The number of hydrogen-bond acceptors (Lipinski definition) is 4. The van der Waals surface area contributed by atoms with Gasteiger partial charge in [0.25, 0.3) is 5.91 Å². The molecule has 1 aromatic carbocycles. The first-order valence-electron chi connectivity index (χ1n) is 7.12. The molecule has 0 aromatic heterocycles. The lowest BCUT2D eigenvalue weighted by atomic mass is 9.97. The second-order valence-electron chi connectivity index (χ2n) is 4.89. The van der Waals surface area contributed by atoms with Gasteiger partial charge in [-0.2, -0.15) is 0 Å². The van der Waals surface area contributed by atoms with Gasteiger partial charge in [0, 0.05) is 31.5 Å². The molecule has 0 saturated heterocycles. The minimum Gasteiger partial charge on any atom is -0.385 e. The molecule has 0 unspecified atom stereocenters. The lowest BCUT2D eigenvalue weighted by Crippen LogP contribution is -2.38. The molecule has 0 radical (unpaired) electrons. The number of carbonyl (C=O) groups is 2. The first-order valence-corrected chi connectivity index (χ1v) is 7.12. The van der Waals surface area contributed by atoms with Crippen molar-refractivity contribution in [2.45, 2.75) is 12.8 Å². The molecule has 122 valence electrons. The van der Waals surface area contributed by atoms with E-state index in [4.69, 9.17) is 4.74 Å². The summed E-state index contributed by atoms with van der Waals surface area (Å²) < 4.78 is 4.84. The number of benzene rings is 1. The molecule has 1 aliphatic heterocycles. The average molecular weight is 328 g/mol. The molecule has 1 aromatic rings. The quantitative estimate of drug-likeness (QED) is 0.680. The molecule has 3 N–H and O–H groups in total. The lowest BCUT2D eigenvalue weighted by molar-refractivity contribution is -0.120. The molecule has 0 fully saturated rings. The highest BCUT2D eigenvalue weighted by molar-refractivity contribution is 5.99. The summed E-state index contributed by atoms with van der Waals surface area (Å²) in [5.74, 6) is -0.430. The highest BCUT2D eigenvalue weighted by Crippen LogP contribution is 2.25. The van der Waals surface area contributed by atoms with E-state index in [1.54, 1.807) is 13.2 Å². The van der Waals surface area contributed by atoms with Gasteiger partial charge < -0.3 is 20.7 Å². The molecule has 1 heterocycles. The third-order valence-electron chi connectivity index (χ3n) is 3.38. The SMILES string of the molecule is COCCNC(=O)CNC(=O)c1cccc2c1CCCN2.Cl. The van der Waals surface area contributed by atoms with Crippen molar-refractivity contribution in [1.29, 1.82) is 0 Å². The third-order valence-corrected chi connectivity index (χ3v) is 3.38. The number of hydrogen-bond donors (Lipinski definition) is 3. The van der Waals surface area contributed by atoms with Crippen LogP contribution in [0.5, 0.6) is 0 Å². The van der Waals surface area contributed by atoms with E-state index in [-0.39, 0.29) is 30.8 Å². The normalized spacial score (nSPS) is 12.4. The van der Waals surface area contributed by atoms with Gasteiger partial charge >= 0.3 is 0 Å². The number of anilines is 1. The van der Waals surface area contributed by atoms with Crippen LogP contribution in [0.15, 0.2) is 18.2 Å². The van der Waals surface area contributed by atoms with E-state index in [0.717, 1.165) is 30.6 Å². The molecule has 0 saturated carbocycles. The number of rotatable bonds is 6. The maximum Gasteiger partial charge on any atom is 0.252 e. The molecule has 2 rings (SSSR count). The first-order chi connectivity index (χ1) is 10.2. The maximum absolute atomic E-state index is 12.2. The molecular formula is C15H22ClN3O3. The van der Waals surface area contributed by atoms with Gasteiger partial charge in [-0.25, -0.2) is 0 Å². The van der Waals surface area contributed by atoms with Crippen molar-refractivity contribution in [3.05, 3.63) is 29.3 Å². The van der Waals surface area contributed by atoms with Gasteiger partial charge in [-0.05, 0) is 30.5 Å². The smallest absolute Gasteiger partial charge is 0.252 e. The van der Waals surface area contributed by atoms with Crippen molar-refractivity contribution in [3.63, 3.8) is 0 Å². The standard InChI is InChI=1S/C15H21N3O3.ClH/c1-21-9-8-17-14(19)10-18-15(20)12-4-2-6-13-11(12)5-3-7-16-13;/h2,4,6,16H,3,5,7-10H2,1H3,(H,17,19)(H,18,20);1H.